The Bertz CT molecular complexity index is 83.0. The summed E-state index contributed by atoms with van der Waals surface area (Å²) in [4.78, 5) is 9.91. The first-order valence-corrected chi connectivity index (χ1v) is 2.61. The highest BCUT2D eigenvalue weighted by molar-refractivity contribution is 5.54. The molecular weight excluding hydrogens is 124 g/mol. The topological polar surface area (TPSA) is 77.8 Å². The highest BCUT2D eigenvalue weighted by Gasteiger charge is 2.15. The Morgan fingerprint density at radius 3 is 2.00 bits per heavy atom. The Kier molecular flexibility index (Phi) is 4.21. The fourth-order valence-corrected chi connectivity index (χ4v) is 0.391. The van der Waals surface area contributed by atoms with Crippen LogP contribution >= 0.6 is 0 Å². The third kappa shape index (κ3) is 2.55. The van der Waals surface area contributed by atoms with Crippen LogP contribution in [0.1, 0.15) is 0 Å². The minimum atomic E-state index is -1.13. The van der Waals surface area contributed by atoms with E-state index in [1.807, 2.05) is 0 Å². The first-order valence-electron chi connectivity index (χ1n) is 2.61. The predicted octanol–water partition coefficient (Wildman–Crippen LogP) is -1.85. The summed E-state index contributed by atoms with van der Waals surface area (Å²) < 4.78 is 0. The highest BCUT2D eigenvalue weighted by atomic mass is 16.3. The Morgan fingerprint density at radius 2 is 1.89 bits per heavy atom. The van der Waals surface area contributed by atoms with E-state index in [-0.39, 0.29) is 0 Å². The lowest BCUT2D eigenvalue weighted by Gasteiger charge is -2.10. The van der Waals surface area contributed by atoms with Gasteiger partial charge in [-0.1, -0.05) is 0 Å². The summed E-state index contributed by atoms with van der Waals surface area (Å²) in [5, 5.41) is 25.2. The van der Waals surface area contributed by atoms with Gasteiger partial charge < -0.3 is 20.1 Å². The quantitative estimate of drug-likeness (QED) is 0.394. The van der Waals surface area contributed by atoms with Gasteiger partial charge in [-0.25, -0.2) is 0 Å². The zero-order valence-electron chi connectivity index (χ0n) is 4.90. The summed E-state index contributed by atoms with van der Waals surface area (Å²) in [6.07, 6.45) is -0.714. The number of aliphatic hydroxyl groups is 3. The van der Waals surface area contributed by atoms with Crippen LogP contribution in [0, 0.1) is 5.92 Å². The molecule has 0 rings (SSSR count). The van der Waals surface area contributed by atoms with Crippen LogP contribution in [-0.4, -0.2) is 40.9 Å². The van der Waals surface area contributed by atoms with Crippen LogP contribution < -0.4 is 0 Å². The molecule has 3 N–H and O–H groups in total. The number of aldehydes is 1. The largest absolute Gasteiger partial charge is 0.396 e. The highest BCUT2D eigenvalue weighted by Crippen LogP contribution is 1.96. The van der Waals surface area contributed by atoms with Crippen LogP contribution in [0.3, 0.4) is 0 Å². The van der Waals surface area contributed by atoms with Gasteiger partial charge in [-0.3, -0.25) is 0 Å². The maximum Gasteiger partial charge on any atom is 0.128 e. The van der Waals surface area contributed by atoms with E-state index in [4.69, 9.17) is 15.3 Å². The molecule has 9 heavy (non-hydrogen) atoms. The average Bonchev–Trinajstić information content (AvgIpc) is 1.90. The molecule has 4 nitrogen and oxygen atoms in total. The van der Waals surface area contributed by atoms with Crippen molar-refractivity contribution in [2.75, 3.05) is 13.2 Å². The molecule has 2 unspecified atom stereocenters. The second-order valence-corrected chi connectivity index (χ2v) is 1.73. The number of carbonyl (C=O) groups excluding carboxylic acids is 1. The minimum absolute atomic E-state index is 0.418. The fraction of sp³-hybridized carbons (Fsp3) is 0.800. The van der Waals surface area contributed by atoms with E-state index in [1.54, 1.807) is 0 Å². The normalized spacial score (nSPS) is 16.8. The smallest absolute Gasteiger partial charge is 0.128 e. The van der Waals surface area contributed by atoms with Crippen molar-refractivity contribution in [2.45, 2.75) is 6.10 Å². The zero-order chi connectivity index (χ0) is 7.28. The first-order chi connectivity index (χ1) is 4.26. The molecule has 2 atom stereocenters. The van der Waals surface area contributed by atoms with Gasteiger partial charge in [0.1, 0.15) is 6.29 Å². The van der Waals surface area contributed by atoms with Crippen molar-refractivity contribution in [3.05, 3.63) is 0 Å². The van der Waals surface area contributed by atoms with Crippen LogP contribution in [0.25, 0.3) is 0 Å². The third-order valence-corrected chi connectivity index (χ3v) is 1.07. The number of carbonyl (C=O) groups is 1. The van der Waals surface area contributed by atoms with Gasteiger partial charge in [0.25, 0.3) is 0 Å². The molecule has 0 aliphatic rings. The SMILES string of the molecule is O=CC(CO)C(O)CO. The zero-order valence-corrected chi connectivity index (χ0v) is 4.90. The maximum atomic E-state index is 9.91. The van der Waals surface area contributed by atoms with E-state index < -0.39 is 25.2 Å². The summed E-state index contributed by atoms with van der Waals surface area (Å²) in [6.45, 7) is -0.921. The lowest BCUT2D eigenvalue weighted by Crippen LogP contribution is -2.28. The molecule has 4 heteroatoms. The molecule has 0 aliphatic carbocycles. The molecule has 0 aromatic rings. The van der Waals surface area contributed by atoms with Gasteiger partial charge in [0.2, 0.25) is 0 Å². The van der Waals surface area contributed by atoms with Crippen molar-refractivity contribution >= 4 is 6.29 Å². The Balaban J connectivity index is 3.63. The molecule has 0 aliphatic heterocycles. The average molecular weight is 134 g/mol. The maximum absolute atomic E-state index is 9.91. The molecule has 0 amide bonds. The van der Waals surface area contributed by atoms with Gasteiger partial charge in [0, 0.05) is 0 Å². The number of aliphatic hydroxyl groups excluding tert-OH is 3. The van der Waals surface area contributed by atoms with Gasteiger partial charge in [-0.2, -0.15) is 0 Å². The Hall–Kier alpha value is -0.450. The van der Waals surface area contributed by atoms with Gasteiger partial charge in [0.05, 0.1) is 25.2 Å². The van der Waals surface area contributed by atoms with Gasteiger partial charge in [0.15, 0.2) is 0 Å². The minimum Gasteiger partial charge on any atom is -0.396 e. The van der Waals surface area contributed by atoms with E-state index in [0.29, 0.717) is 6.29 Å². The number of hydrogen-bond donors (Lipinski definition) is 3. The van der Waals surface area contributed by atoms with Crippen LogP contribution in [0.2, 0.25) is 0 Å². The third-order valence-electron chi connectivity index (χ3n) is 1.07. The fourth-order valence-electron chi connectivity index (χ4n) is 0.391. The Labute approximate surface area is 52.7 Å². The summed E-state index contributed by atoms with van der Waals surface area (Å²) in [5.41, 5.74) is 0. The molecule has 0 aromatic heterocycles. The van der Waals surface area contributed by atoms with E-state index in [1.165, 1.54) is 0 Å². The molecule has 0 saturated carbocycles. The van der Waals surface area contributed by atoms with Crippen LogP contribution in [0.5, 0.6) is 0 Å². The van der Waals surface area contributed by atoms with Crippen molar-refractivity contribution in [3.8, 4) is 0 Å². The Morgan fingerprint density at radius 1 is 1.33 bits per heavy atom. The summed E-state index contributed by atoms with van der Waals surface area (Å²) in [7, 11) is 0. The van der Waals surface area contributed by atoms with Crippen molar-refractivity contribution in [2.24, 2.45) is 5.92 Å². The van der Waals surface area contributed by atoms with Crippen molar-refractivity contribution in [3.63, 3.8) is 0 Å². The first kappa shape index (κ1) is 8.55. The second kappa shape index (κ2) is 4.43. The molecular formula is C5H10O4. The predicted molar refractivity (Wildman–Crippen MR) is 29.7 cm³/mol. The van der Waals surface area contributed by atoms with Gasteiger partial charge in [-0.15, -0.1) is 0 Å². The van der Waals surface area contributed by atoms with E-state index in [9.17, 15) is 4.79 Å². The molecule has 0 aromatic carbocycles. The van der Waals surface area contributed by atoms with Crippen molar-refractivity contribution in [1.82, 2.24) is 0 Å². The number of hydrogen-bond acceptors (Lipinski definition) is 4. The molecule has 0 spiro atoms. The molecule has 54 valence electrons. The summed E-state index contributed by atoms with van der Waals surface area (Å²) >= 11 is 0. The van der Waals surface area contributed by atoms with Crippen molar-refractivity contribution < 1.29 is 20.1 Å². The molecule has 0 radical (unpaired) electrons. The van der Waals surface area contributed by atoms with E-state index >= 15 is 0 Å². The summed E-state index contributed by atoms with van der Waals surface area (Å²) in [5.74, 6) is -0.852. The van der Waals surface area contributed by atoms with Gasteiger partial charge in [-0.05, 0) is 0 Å². The summed E-state index contributed by atoms with van der Waals surface area (Å²) in [6, 6.07) is 0. The molecule has 0 saturated heterocycles. The lowest BCUT2D eigenvalue weighted by molar-refractivity contribution is -0.117. The molecule has 0 heterocycles. The van der Waals surface area contributed by atoms with Crippen molar-refractivity contribution in [1.29, 1.82) is 0 Å². The van der Waals surface area contributed by atoms with Crippen LogP contribution in [0.4, 0.5) is 0 Å². The van der Waals surface area contributed by atoms with Crippen LogP contribution in [0.15, 0.2) is 0 Å². The van der Waals surface area contributed by atoms with Gasteiger partial charge >= 0.3 is 0 Å². The monoisotopic (exact) mass is 134 g/mol. The second-order valence-electron chi connectivity index (χ2n) is 1.73. The lowest BCUT2D eigenvalue weighted by atomic mass is 10.1. The number of rotatable bonds is 4. The van der Waals surface area contributed by atoms with E-state index in [2.05, 4.69) is 0 Å². The standard InChI is InChI=1S/C5H10O4/c6-1-4(2-7)5(9)3-8/h1,4-5,7-9H,2-3H2. The van der Waals surface area contributed by atoms with Crippen LogP contribution in [-0.2, 0) is 4.79 Å². The molecule has 0 bridgehead atoms. The molecule has 0 fully saturated rings. The van der Waals surface area contributed by atoms with E-state index in [0.717, 1.165) is 0 Å².